The number of benzene rings is 3. The molecule has 1 aromatic heterocycles. The molecule has 0 saturated carbocycles. The highest BCUT2D eigenvalue weighted by atomic mass is 16.6. The molecular weight excluding hydrogens is 450 g/mol. The third kappa shape index (κ3) is 6.50. The van der Waals surface area contributed by atoms with Crippen molar-refractivity contribution in [2.45, 2.75) is 6.54 Å². The molecule has 0 aliphatic rings. The first-order valence-electron chi connectivity index (χ1n) is 11.0. The van der Waals surface area contributed by atoms with E-state index < -0.39 is 18.6 Å². The van der Waals surface area contributed by atoms with E-state index >= 15 is 0 Å². The molecule has 0 spiro atoms. The van der Waals surface area contributed by atoms with E-state index in [9.17, 15) is 14.7 Å². The Morgan fingerprint density at radius 3 is 2.49 bits per heavy atom. The van der Waals surface area contributed by atoms with E-state index in [0.29, 0.717) is 36.2 Å². The number of rotatable bonds is 10. The summed E-state index contributed by atoms with van der Waals surface area (Å²) in [7, 11) is 1.87. The van der Waals surface area contributed by atoms with Gasteiger partial charge < -0.3 is 23.9 Å². The van der Waals surface area contributed by atoms with Gasteiger partial charge in [-0.05, 0) is 42.0 Å². The predicted octanol–water partition coefficient (Wildman–Crippen LogP) is 4.43. The topological polar surface area (TPSA) is 105 Å². The van der Waals surface area contributed by atoms with Crippen LogP contribution in [0.5, 0.6) is 11.5 Å². The Kier molecular flexibility index (Phi) is 7.47. The Hall–Kier alpha value is -4.53. The Morgan fingerprint density at radius 1 is 0.971 bits per heavy atom. The van der Waals surface area contributed by atoms with E-state index in [0.717, 1.165) is 16.0 Å². The Labute approximate surface area is 202 Å². The molecule has 180 valence electrons. The second-order valence-electron chi connectivity index (χ2n) is 7.81. The highest BCUT2D eigenvalue weighted by molar-refractivity contribution is 5.78. The molecule has 0 aliphatic carbocycles. The fraction of sp³-hybridized carbons (Fsp3) is 0.192. The van der Waals surface area contributed by atoms with E-state index in [1.165, 1.54) is 0 Å². The second kappa shape index (κ2) is 11.1. The zero-order valence-corrected chi connectivity index (χ0v) is 19.2. The summed E-state index contributed by atoms with van der Waals surface area (Å²) in [6.45, 7) is 0.461. The summed E-state index contributed by atoms with van der Waals surface area (Å²) in [6.07, 6.45) is -0.745. The van der Waals surface area contributed by atoms with Crippen LogP contribution in [0.1, 0.15) is 5.56 Å². The van der Waals surface area contributed by atoms with E-state index in [1.54, 1.807) is 54.6 Å². The summed E-state index contributed by atoms with van der Waals surface area (Å²) < 4.78 is 16.9. The fourth-order valence-electron chi connectivity index (χ4n) is 3.38. The first kappa shape index (κ1) is 23.6. The maximum Gasteiger partial charge on any atom is 0.416 e. The molecule has 1 N–H and O–H groups in total. The van der Waals surface area contributed by atoms with Crippen molar-refractivity contribution in [1.82, 2.24) is 9.88 Å². The SMILES string of the molecule is CN(CCOc1cccc(CN(CC(=O)O)C(=O)Oc2ccccc2)c1)c1nc2ccccc2o1. The third-order valence-corrected chi connectivity index (χ3v) is 5.11. The fourth-order valence-corrected chi connectivity index (χ4v) is 3.38. The number of oxazole rings is 1. The molecule has 4 aromatic rings. The van der Waals surface area contributed by atoms with E-state index in [2.05, 4.69) is 4.98 Å². The van der Waals surface area contributed by atoms with Gasteiger partial charge in [-0.15, -0.1) is 0 Å². The van der Waals surface area contributed by atoms with Gasteiger partial charge in [0.15, 0.2) is 5.58 Å². The van der Waals surface area contributed by atoms with Crippen molar-refractivity contribution in [2.75, 3.05) is 31.6 Å². The average molecular weight is 476 g/mol. The number of aromatic nitrogens is 1. The smallest absolute Gasteiger partial charge is 0.416 e. The largest absolute Gasteiger partial charge is 0.492 e. The lowest BCUT2D eigenvalue weighted by atomic mass is 10.2. The van der Waals surface area contributed by atoms with Gasteiger partial charge in [0.2, 0.25) is 0 Å². The van der Waals surface area contributed by atoms with Crippen LogP contribution in [0.25, 0.3) is 11.1 Å². The summed E-state index contributed by atoms with van der Waals surface area (Å²) >= 11 is 0. The van der Waals surface area contributed by atoms with Crippen molar-refractivity contribution in [1.29, 1.82) is 0 Å². The van der Waals surface area contributed by atoms with Gasteiger partial charge in [-0.3, -0.25) is 9.69 Å². The number of carboxylic acids is 1. The molecule has 3 aromatic carbocycles. The summed E-state index contributed by atoms with van der Waals surface area (Å²) in [5.74, 6) is -0.196. The lowest BCUT2D eigenvalue weighted by molar-refractivity contribution is -0.138. The maximum absolute atomic E-state index is 12.6. The zero-order chi connectivity index (χ0) is 24.6. The quantitative estimate of drug-likeness (QED) is 0.359. The number of fused-ring (bicyclic) bond motifs is 1. The highest BCUT2D eigenvalue weighted by Crippen LogP contribution is 2.21. The number of hydrogen-bond donors (Lipinski definition) is 1. The van der Waals surface area contributed by atoms with Crippen molar-refractivity contribution in [3.05, 3.63) is 84.4 Å². The number of anilines is 1. The standard InChI is InChI=1S/C26H25N3O6/c1-28(25-27-22-12-5-6-13-23(22)35-25)14-15-33-21-11-7-8-19(16-21)17-29(18-24(30)31)26(32)34-20-9-3-2-4-10-20/h2-13,16H,14-15,17-18H2,1H3,(H,30,31). The van der Waals surface area contributed by atoms with E-state index in [-0.39, 0.29) is 6.54 Å². The van der Waals surface area contributed by atoms with Crippen LogP contribution < -0.4 is 14.4 Å². The number of carbonyl (C=O) groups is 2. The maximum atomic E-state index is 12.6. The van der Waals surface area contributed by atoms with Crippen LogP contribution in [-0.4, -0.2) is 53.8 Å². The molecule has 4 rings (SSSR count). The molecule has 0 aliphatic heterocycles. The minimum absolute atomic E-state index is 0.0535. The van der Waals surface area contributed by atoms with Crippen molar-refractivity contribution in [2.24, 2.45) is 0 Å². The van der Waals surface area contributed by atoms with Crippen LogP contribution in [0.3, 0.4) is 0 Å². The molecule has 0 radical (unpaired) electrons. The van der Waals surface area contributed by atoms with Crippen LogP contribution >= 0.6 is 0 Å². The Bertz CT molecular complexity index is 1260. The van der Waals surface area contributed by atoms with Gasteiger partial charge in [0.1, 0.15) is 30.2 Å². The number of amides is 1. The molecule has 35 heavy (non-hydrogen) atoms. The van der Waals surface area contributed by atoms with Crippen LogP contribution in [0, 0.1) is 0 Å². The number of carboxylic acid groups (broad SMARTS) is 1. The minimum atomic E-state index is -1.13. The molecule has 0 bridgehead atoms. The van der Waals surface area contributed by atoms with Gasteiger partial charge in [-0.2, -0.15) is 4.98 Å². The highest BCUT2D eigenvalue weighted by Gasteiger charge is 2.20. The minimum Gasteiger partial charge on any atom is -0.492 e. The van der Waals surface area contributed by atoms with Gasteiger partial charge in [-0.1, -0.05) is 42.5 Å². The summed E-state index contributed by atoms with van der Waals surface area (Å²) in [5.41, 5.74) is 2.22. The summed E-state index contributed by atoms with van der Waals surface area (Å²) in [5, 5.41) is 9.25. The number of hydrogen-bond acceptors (Lipinski definition) is 7. The molecule has 0 unspecified atom stereocenters. The monoisotopic (exact) mass is 475 g/mol. The van der Waals surface area contributed by atoms with Gasteiger partial charge in [0, 0.05) is 13.6 Å². The first-order chi connectivity index (χ1) is 17.0. The van der Waals surface area contributed by atoms with Crippen LogP contribution in [0.15, 0.2) is 83.3 Å². The lowest BCUT2D eigenvalue weighted by Gasteiger charge is -2.20. The number of para-hydroxylation sites is 3. The Balaban J connectivity index is 1.34. The van der Waals surface area contributed by atoms with Gasteiger partial charge in [0.05, 0.1) is 6.54 Å². The van der Waals surface area contributed by atoms with E-state index in [4.69, 9.17) is 13.9 Å². The lowest BCUT2D eigenvalue weighted by Crippen LogP contribution is -2.37. The average Bonchev–Trinajstić information content (AvgIpc) is 3.29. The van der Waals surface area contributed by atoms with Gasteiger partial charge in [0.25, 0.3) is 6.01 Å². The van der Waals surface area contributed by atoms with Crippen molar-refractivity contribution < 1.29 is 28.6 Å². The molecule has 0 atom stereocenters. The van der Waals surface area contributed by atoms with Crippen LogP contribution in [-0.2, 0) is 11.3 Å². The first-order valence-corrected chi connectivity index (χ1v) is 11.0. The normalized spacial score (nSPS) is 10.7. The summed E-state index contributed by atoms with van der Waals surface area (Å²) in [6, 6.07) is 23.7. The van der Waals surface area contributed by atoms with Crippen molar-refractivity contribution in [3.63, 3.8) is 0 Å². The van der Waals surface area contributed by atoms with Gasteiger partial charge in [-0.25, -0.2) is 4.79 Å². The molecule has 9 nitrogen and oxygen atoms in total. The zero-order valence-electron chi connectivity index (χ0n) is 19.2. The van der Waals surface area contributed by atoms with Crippen LogP contribution in [0.4, 0.5) is 10.8 Å². The van der Waals surface area contributed by atoms with Crippen molar-refractivity contribution >= 4 is 29.2 Å². The number of nitrogens with zero attached hydrogens (tertiary/aromatic N) is 3. The number of aliphatic carboxylic acids is 1. The number of ether oxygens (including phenoxy) is 2. The molecule has 0 saturated heterocycles. The van der Waals surface area contributed by atoms with E-state index in [1.807, 2.05) is 36.2 Å². The molecule has 0 fully saturated rings. The summed E-state index contributed by atoms with van der Waals surface area (Å²) in [4.78, 5) is 31.3. The molecule has 9 heteroatoms. The van der Waals surface area contributed by atoms with Crippen LogP contribution in [0.2, 0.25) is 0 Å². The third-order valence-electron chi connectivity index (χ3n) is 5.11. The number of carbonyl (C=O) groups excluding carboxylic acids is 1. The molecule has 1 heterocycles. The van der Waals surface area contributed by atoms with Crippen molar-refractivity contribution in [3.8, 4) is 11.5 Å². The van der Waals surface area contributed by atoms with Gasteiger partial charge >= 0.3 is 12.1 Å². The predicted molar refractivity (Wildman–Crippen MR) is 130 cm³/mol. The second-order valence-corrected chi connectivity index (χ2v) is 7.81. The number of likely N-dealkylation sites (N-methyl/N-ethyl adjacent to an activating group) is 1. The Morgan fingerprint density at radius 2 is 1.71 bits per heavy atom. The molecular formula is C26H25N3O6. The molecule has 1 amide bonds.